The van der Waals surface area contributed by atoms with Crippen molar-refractivity contribution in [2.45, 2.75) is 45.3 Å². The summed E-state index contributed by atoms with van der Waals surface area (Å²) in [4.78, 5) is 14.1. The summed E-state index contributed by atoms with van der Waals surface area (Å²) in [5.41, 5.74) is 7.69. The Bertz CT molecular complexity index is 3420. The van der Waals surface area contributed by atoms with E-state index in [1.807, 2.05) is 60.2 Å². The third-order valence-electron chi connectivity index (χ3n) is 12.5. The van der Waals surface area contributed by atoms with E-state index >= 15 is 0 Å². The molecule has 6 aromatic rings. The molecule has 3 aliphatic rings. The lowest BCUT2D eigenvalue weighted by molar-refractivity contribution is -0.617. The Hall–Kier alpha value is -5.92. The molecule has 2 bridgehead atoms. The molecule has 0 radical (unpaired) electrons. The zero-order chi connectivity index (χ0) is 46.2. The fourth-order valence-corrected chi connectivity index (χ4v) is 12.1. The van der Waals surface area contributed by atoms with Crippen LogP contribution in [0.2, 0.25) is 0 Å². The average Bonchev–Trinajstić information content (AvgIpc) is 3.69. The van der Waals surface area contributed by atoms with Crippen LogP contribution < -0.4 is 9.47 Å². The predicted molar refractivity (Wildman–Crippen MR) is 249 cm³/mol. The second-order valence-electron chi connectivity index (χ2n) is 16.4. The van der Waals surface area contributed by atoms with Crippen LogP contribution in [0.5, 0.6) is 0 Å². The summed E-state index contributed by atoms with van der Waals surface area (Å²) >= 11 is 1.56. The fourth-order valence-electron chi connectivity index (χ4n) is 9.37. The number of aromatic nitrogens is 1. The van der Waals surface area contributed by atoms with E-state index in [2.05, 4.69) is 12.2 Å². The molecule has 1 saturated carbocycles. The Morgan fingerprint density at radius 2 is 1.28 bits per heavy atom. The summed E-state index contributed by atoms with van der Waals surface area (Å²) in [6.07, 6.45) is 10.7. The van der Waals surface area contributed by atoms with Crippen LogP contribution in [0.3, 0.4) is 0 Å². The third-order valence-corrected chi connectivity index (χ3v) is 16.2. The van der Waals surface area contributed by atoms with E-state index in [1.165, 1.54) is 36.4 Å². The molecule has 2 unspecified atom stereocenters. The molecule has 13 nitrogen and oxygen atoms in total. The molecule has 1 fully saturated rings. The minimum Gasteiger partial charge on any atom is -0.481 e. The molecular weight excluding hydrogens is 909 g/mol. The van der Waals surface area contributed by atoms with Gasteiger partial charge in [0.05, 0.1) is 38.4 Å². The fraction of sp³-hybridized carbons (Fsp3) is 0.167. The van der Waals surface area contributed by atoms with Crippen LogP contribution >= 0.6 is 11.8 Å². The molecule has 0 amide bonds. The maximum atomic E-state index is 12.3. The number of benzene rings is 5. The van der Waals surface area contributed by atoms with Crippen molar-refractivity contribution in [3.63, 3.8) is 0 Å². The van der Waals surface area contributed by atoms with E-state index in [-0.39, 0.29) is 32.9 Å². The number of carbonyl (C=O) groups is 1. The second-order valence-corrected chi connectivity index (χ2v) is 21.7. The lowest BCUT2D eigenvalue weighted by Gasteiger charge is -2.32. The highest BCUT2D eigenvalue weighted by Gasteiger charge is 2.38. The van der Waals surface area contributed by atoms with Crippen LogP contribution in [0.15, 0.2) is 157 Å². The van der Waals surface area contributed by atoms with E-state index in [0.717, 1.165) is 62.1 Å². The molecule has 1 aromatic heterocycles. The van der Waals surface area contributed by atoms with Gasteiger partial charge >= 0.3 is 5.97 Å². The number of aliphatic carboxylic acids is 1. The summed E-state index contributed by atoms with van der Waals surface area (Å²) in [5, 5.41) is 11.1. The zero-order valence-corrected chi connectivity index (χ0v) is 38.0. The van der Waals surface area contributed by atoms with Crippen molar-refractivity contribution < 1.29 is 53.4 Å². The summed E-state index contributed by atoms with van der Waals surface area (Å²) in [6.45, 7) is 0. The van der Waals surface area contributed by atoms with Gasteiger partial charge in [-0.15, -0.1) is 0 Å². The first-order valence-electron chi connectivity index (χ1n) is 20.4. The molecule has 0 spiro atoms. The number of aryl methyl sites for hydroxylation is 1. The molecular formula is C48H41N2O11S4+. The lowest BCUT2D eigenvalue weighted by atomic mass is 9.83. The quantitative estimate of drug-likeness (QED) is 0.0576. The number of carboxylic acids is 1. The van der Waals surface area contributed by atoms with Crippen LogP contribution in [0.4, 0.5) is 11.4 Å². The van der Waals surface area contributed by atoms with Crippen molar-refractivity contribution in [3.8, 4) is 0 Å². The second kappa shape index (κ2) is 16.5. The van der Waals surface area contributed by atoms with Gasteiger partial charge in [0, 0.05) is 45.7 Å². The normalized spacial score (nSPS) is 18.2. The van der Waals surface area contributed by atoms with Crippen molar-refractivity contribution in [2.24, 2.45) is 18.9 Å². The predicted octanol–water partition coefficient (Wildman–Crippen LogP) is 8.81. The van der Waals surface area contributed by atoms with E-state index in [0.29, 0.717) is 39.2 Å². The standard InChI is InChI=1S/C48H40N2O11S4/c1-49-43-6-4-3-5-39(43)37(40-16-13-32(25-44(40)49)63(53,54)55)21-19-35-29-9-10-30(24-29)36(48(35)62-31-11-7-28(8-12-31)23-47(51)52)20-22-38-41-17-14-33(64(56,57)58)26-45(41)50(2)46-27-34(65(59,60)61)15-18-42(38)46/h3-8,11-22,25-27,29-30H,9-10,23-24H2,1-2H3,(H3-,51,52,53,54,55,56,57,58,59,60,61)/p+1. The molecule has 0 saturated heterocycles. The number of allylic oxidation sites excluding steroid dienone is 5. The van der Waals surface area contributed by atoms with Crippen molar-refractivity contribution in [1.29, 1.82) is 0 Å². The van der Waals surface area contributed by atoms with Gasteiger partial charge in [0.15, 0.2) is 0 Å². The SMILES string of the molecule is CN1c2cc(S(=O)(=O)O)ccc2C(=C/C=C2C(Sc3ccc(CC(=O)O)cc3)=C(/C=C/c3c4ccccc4[n+](C)c4cc(S(=O)(=O)O)ccc34)C3CCC/2C3)c2ccc(S(=O)(=O)O)cc21. The van der Waals surface area contributed by atoms with Gasteiger partial charge in [0.1, 0.15) is 11.9 Å². The molecule has 65 heavy (non-hydrogen) atoms. The summed E-state index contributed by atoms with van der Waals surface area (Å²) in [7, 11) is -10.2. The van der Waals surface area contributed by atoms with Gasteiger partial charge in [-0.1, -0.05) is 72.5 Å². The molecule has 9 rings (SSSR count). The number of hydrogen-bond acceptors (Lipinski definition) is 9. The smallest absolute Gasteiger partial charge is 0.307 e. The molecule has 5 aromatic carbocycles. The van der Waals surface area contributed by atoms with Crippen LogP contribution in [0.25, 0.3) is 33.5 Å². The minimum absolute atomic E-state index is 0.122. The number of pyridine rings is 1. The van der Waals surface area contributed by atoms with Crippen LogP contribution in [0, 0.1) is 11.8 Å². The number of para-hydroxylation sites is 1. The van der Waals surface area contributed by atoms with Crippen LogP contribution in [-0.4, -0.2) is 57.0 Å². The van der Waals surface area contributed by atoms with E-state index < -0.39 is 36.3 Å². The Morgan fingerprint density at radius 3 is 1.89 bits per heavy atom. The first kappa shape index (κ1) is 44.3. The van der Waals surface area contributed by atoms with Crippen LogP contribution in [0.1, 0.15) is 41.5 Å². The number of rotatable bonds is 10. The molecule has 17 heteroatoms. The molecule has 4 N–H and O–H groups in total. The maximum absolute atomic E-state index is 12.3. The first-order chi connectivity index (χ1) is 30.8. The number of anilines is 2. The summed E-state index contributed by atoms with van der Waals surface area (Å²) < 4.78 is 105. The van der Waals surface area contributed by atoms with Crippen molar-refractivity contribution in [1.82, 2.24) is 0 Å². The topological polar surface area (TPSA) is 208 Å². The highest BCUT2D eigenvalue weighted by atomic mass is 32.2. The lowest BCUT2D eigenvalue weighted by Crippen LogP contribution is -2.30. The highest BCUT2D eigenvalue weighted by molar-refractivity contribution is 8.03. The van der Waals surface area contributed by atoms with E-state index in [1.54, 1.807) is 54.0 Å². The van der Waals surface area contributed by atoms with Crippen molar-refractivity contribution in [3.05, 3.63) is 160 Å². The van der Waals surface area contributed by atoms with Crippen molar-refractivity contribution in [2.75, 3.05) is 11.9 Å². The number of carboxylic acid groups (broad SMARTS) is 1. The zero-order valence-electron chi connectivity index (χ0n) is 34.8. The third kappa shape index (κ3) is 8.44. The summed E-state index contributed by atoms with van der Waals surface area (Å²) in [5.74, 6) is -0.610. The van der Waals surface area contributed by atoms with E-state index in [9.17, 15) is 48.8 Å². The van der Waals surface area contributed by atoms with Crippen LogP contribution in [-0.2, 0) is 48.6 Å². The van der Waals surface area contributed by atoms with Crippen molar-refractivity contribution >= 4 is 92.9 Å². The number of hydrogen-bond donors (Lipinski definition) is 4. The largest absolute Gasteiger partial charge is 0.481 e. The Morgan fingerprint density at radius 1 is 0.708 bits per heavy atom. The number of nitrogens with zero attached hydrogens (tertiary/aromatic N) is 2. The number of fused-ring (bicyclic) bond motifs is 6. The Labute approximate surface area is 380 Å². The average molecular weight is 950 g/mol. The molecule has 2 atom stereocenters. The van der Waals surface area contributed by atoms with E-state index in [4.69, 9.17) is 0 Å². The minimum atomic E-state index is -4.61. The monoisotopic (exact) mass is 949 g/mol. The molecule has 2 aliphatic carbocycles. The highest BCUT2D eigenvalue weighted by Crippen LogP contribution is 2.54. The Balaban J connectivity index is 1.26. The molecule has 332 valence electrons. The van der Waals surface area contributed by atoms with Gasteiger partial charge in [-0.3, -0.25) is 18.5 Å². The van der Waals surface area contributed by atoms with Gasteiger partial charge in [0.2, 0.25) is 11.0 Å². The van der Waals surface area contributed by atoms with Gasteiger partial charge in [0.25, 0.3) is 30.4 Å². The molecule has 2 heterocycles. The first-order valence-corrected chi connectivity index (χ1v) is 25.5. The molecule has 1 aliphatic heterocycles. The van der Waals surface area contributed by atoms with Gasteiger partial charge in [-0.05, 0) is 108 Å². The van der Waals surface area contributed by atoms with Gasteiger partial charge in [-0.2, -0.15) is 29.8 Å². The maximum Gasteiger partial charge on any atom is 0.307 e. The number of thioether (sulfide) groups is 1. The van der Waals surface area contributed by atoms with Gasteiger partial charge < -0.3 is 10.0 Å². The summed E-state index contributed by atoms with van der Waals surface area (Å²) in [6, 6.07) is 28.2. The van der Waals surface area contributed by atoms with Gasteiger partial charge in [-0.25, -0.2) is 0 Å². The Kier molecular flexibility index (Phi) is 11.2.